The molecule has 4 rings (SSSR count). The maximum absolute atomic E-state index is 13.5. The van der Waals surface area contributed by atoms with Crippen molar-refractivity contribution in [1.82, 2.24) is 30.9 Å². The number of phenols is 1. The summed E-state index contributed by atoms with van der Waals surface area (Å²) in [5.74, 6) is -3.61. The number of hydrogen-bond donors (Lipinski definition) is 9. The maximum Gasteiger partial charge on any atom is 0.326 e. The van der Waals surface area contributed by atoms with Gasteiger partial charge in [0.2, 0.25) is 17.7 Å². The van der Waals surface area contributed by atoms with E-state index < -0.39 is 54.5 Å². The number of phenolic OH excluding ortho intramolecular Hbond substituents is 1. The summed E-state index contributed by atoms with van der Waals surface area (Å²) in [6, 6.07) is 8.45. The second kappa shape index (κ2) is 14.1. The number of hydrogen-bond acceptors (Lipinski definition) is 8. The monoisotopic (exact) mass is 591 g/mol. The van der Waals surface area contributed by atoms with E-state index in [1.807, 2.05) is 24.3 Å². The Morgan fingerprint density at radius 2 is 1.51 bits per heavy atom. The molecule has 0 aliphatic rings. The Morgan fingerprint density at radius 3 is 2.19 bits per heavy atom. The number of para-hydroxylation sites is 1. The lowest BCUT2D eigenvalue weighted by Gasteiger charge is -2.24. The topological polar surface area (TPSA) is 236 Å². The molecule has 43 heavy (non-hydrogen) atoms. The largest absolute Gasteiger partial charge is 0.508 e. The lowest BCUT2D eigenvalue weighted by atomic mass is 10.0. The lowest BCUT2D eigenvalue weighted by molar-refractivity contribution is -0.142. The number of aromatic nitrogens is 3. The number of imidazole rings is 1. The van der Waals surface area contributed by atoms with Crippen molar-refractivity contribution in [2.45, 2.75) is 43.4 Å². The van der Waals surface area contributed by atoms with Gasteiger partial charge in [0.05, 0.1) is 19.0 Å². The highest BCUT2D eigenvalue weighted by atomic mass is 16.4. The third-order valence-electron chi connectivity index (χ3n) is 6.87. The number of fused-ring (bicyclic) bond motifs is 1. The quantitative estimate of drug-likeness (QED) is 0.0916. The molecule has 0 aliphatic carbocycles. The standard InChI is InChI=1S/C29H33N7O7/c30-21(9-16-5-7-19(38)8-6-16)26(39)34-23(10-17-12-32-22-4-2-1-3-20(17)22)27(40)36-25(14-37)28(41)35-24(29(42)43)11-18-13-31-15-33-18/h1-8,12-13,15,21,23-25,32,37-38H,9-11,14,30H2,(H,31,33)(H,34,39)(H,35,41)(H,36,40)(H,42,43). The summed E-state index contributed by atoms with van der Waals surface area (Å²) < 4.78 is 0. The molecular weight excluding hydrogens is 558 g/mol. The molecule has 0 bridgehead atoms. The Hall–Kier alpha value is -5.21. The number of rotatable bonds is 14. The smallest absolute Gasteiger partial charge is 0.326 e. The number of nitrogens with zero attached hydrogens (tertiary/aromatic N) is 1. The number of carboxylic acids is 1. The van der Waals surface area contributed by atoms with Crippen molar-refractivity contribution in [2.24, 2.45) is 5.73 Å². The van der Waals surface area contributed by atoms with E-state index in [0.717, 1.165) is 10.9 Å². The predicted octanol–water partition coefficient (Wildman–Crippen LogP) is -0.517. The van der Waals surface area contributed by atoms with E-state index in [1.54, 1.807) is 18.3 Å². The Bertz CT molecular complexity index is 1550. The number of nitrogens with one attached hydrogen (secondary N) is 5. The minimum Gasteiger partial charge on any atom is -0.508 e. The van der Waals surface area contributed by atoms with Gasteiger partial charge in [-0.3, -0.25) is 14.4 Å². The molecule has 4 aromatic rings. The van der Waals surface area contributed by atoms with Crippen molar-refractivity contribution < 1.29 is 34.5 Å². The summed E-state index contributed by atoms with van der Waals surface area (Å²) in [4.78, 5) is 60.9. The molecule has 0 fully saturated rings. The van der Waals surface area contributed by atoms with Crippen LogP contribution in [0.4, 0.5) is 0 Å². The summed E-state index contributed by atoms with van der Waals surface area (Å²) in [6.07, 6.45) is 4.53. The van der Waals surface area contributed by atoms with E-state index in [9.17, 15) is 34.5 Å². The summed E-state index contributed by atoms with van der Waals surface area (Å²) in [7, 11) is 0. The summed E-state index contributed by atoms with van der Waals surface area (Å²) in [6.45, 7) is -0.831. The molecule has 4 atom stereocenters. The third-order valence-corrected chi connectivity index (χ3v) is 6.87. The molecule has 3 amide bonds. The van der Waals surface area contributed by atoms with Crippen LogP contribution in [0.2, 0.25) is 0 Å². The first-order chi connectivity index (χ1) is 20.6. The first-order valence-electron chi connectivity index (χ1n) is 13.4. The van der Waals surface area contributed by atoms with Crippen molar-refractivity contribution in [1.29, 1.82) is 0 Å². The fourth-order valence-electron chi connectivity index (χ4n) is 4.54. The van der Waals surface area contributed by atoms with Crippen molar-refractivity contribution in [3.63, 3.8) is 0 Å². The normalized spacial score (nSPS) is 13.9. The molecular formula is C29H33N7O7. The summed E-state index contributed by atoms with van der Waals surface area (Å²) in [5.41, 5.74) is 8.81. The number of nitrogens with two attached hydrogens (primary N) is 1. The van der Waals surface area contributed by atoms with Gasteiger partial charge >= 0.3 is 5.97 Å². The average Bonchev–Trinajstić information content (AvgIpc) is 3.66. The SMILES string of the molecule is NC(Cc1ccc(O)cc1)C(=O)NC(Cc1c[nH]c2ccccc12)C(=O)NC(CO)C(=O)NC(Cc1cnc[nH]1)C(=O)O. The number of aliphatic carboxylic acids is 1. The Morgan fingerprint density at radius 1 is 0.837 bits per heavy atom. The molecule has 0 saturated heterocycles. The number of H-pyrrole nitrogens is 2. The predicted molar refractivity (Wildman–Crippen MR) is 155 cm³/mol. The number of benzene rings is 2. The molecule has 2 aromatic carbocycles. The van der Waals surface area contributed by atoms with Crippen LogP contribution in [0.25, 0.3) is 10.9 Å². The molecule has 0 aliphatic heterocycles. The van der Waals surface area contributed by atoms with Crippen molar-refractivity contribution >= 4 is 34.6 Å². The number of aliphatic hydroxyl groups excluding tert-OH is 1. The zero-order chi connectivity index (χ0) is 30.9. The first-order valence-corrected chi connectivity index (χ1v) is 13.4. The fourth-order valence-corrected chi connectivity index (χ4v) is 4.54. The van der Waals surface area contributed by atoms with Gasteiger partial charge in [-0.25, -0.2) is 9.78 Å². The van der Waals surface area contributed by atoms with E-state index in [0.29, 0.717) is 16.8 Å². The van der Waals surface area contributed by atoms with E-state index >= 15 is 0 Å². The molecule has 2 heterocycles. The van der Waals surface area contributed by atoms with Gasteiger partial charge in [-0.2, -0.15) is 0 Å². The molecule has 4 unspecified atom stereocenters. The van der Waals surface area contributed by atoms with Gasteiger partial charge in [0.1, 0.15) is 23.9 Å². The highest BCUT2D eigenvalue weighted by molar-refractivity contribution is 5.95. The second-order valence-electron chi connectivity index (χ2n) is 10.0. The maximum atomic E-state index is 13.5. The average molecular weight is 592 g/mol. The van der Waals surface area contributed by atoms with Crippen LogP contribution in [-0.2, 0) is 38.4 Å². The van der Waals surface area contributed by atoms with Crippen LogP contribution >= 0.6 is 0 Å². The van der Waals surface area contributed by atoms with E-state index in [2.05, 4.69) is 30.9 Å². The van der Waals surface area contributed by atoms with Crippen LogP contribution in [0, 0.1) is 0 Å². The Balaban J connectivity index is 1.49. The van der Waals surface area contributed by atoms with Crippen molar-refractivity contribution in [3.8, 4) is 5.75 Å². The molecule has 14 heteroatoms. The fraction of sp³-hybridized carbons (Fsp3) is 0.276. The van der Waals surface area contributed by atoms with Crippen molar-refractivity contribution in [3.05, 3.63) is 84.1 Å². The van der Waals surface area contributed by atoms with Crippen LogP contribution in [0.5, 0.6) is 5.75 Å². The van der Waals surface area contributed by atoms with Gasteiger partial charge in [0, 0.05) is 41.8 Å². The second-order valence-corrected chi connectivity index (χ2v) is 10.0. The third kappa shape index (κ3) is 8.18. The van der Waals surface area contributed by atoms with Gasteiger partial charge in [0.15, 0.2) is 0 Å². The van der Waals surface area contributed by atoms with Gasteiger partial charge < -0.3 is 47.0 Å². The molecule has 0 radical (unpaired) electrons. The molecule has 10 N–H and O–H groups in total. The number of carboxylic acid groups (broad SMARTS) is 1. The molecule has 0 saturated carbocycles. The Kier molecular flexibility index (Phi) is 10.1. The number of carbonyl (C=O) groups excluding carboxylic acids is 3. The van der Waals surface area contributed by atoms with Gasteiger partial charge in [-0.15, -0.1) is 0 Å². The van der Waals surface area contributed by atoms with Gasteiger partial charge in [0.25, 0.3) is 0 Å². The highest BCUT2D eigenvalue weighted by Crippen LogP contribution is 2.19. The molecule has 14 nitrogen and oxygen atoms in total. The zero-order valence-electron chi connectivity index (χ0n) is 23.0. The lowest BCUT2D eigenvalue weighted by Crippen LogP contribution is -2.58. The van der Waals surface area contributed by atoms with Gasteiger partial charge in [-0.1, -0.05) is 30.3 Å². The van der Waals surface area contributed by atoms with Crippen LogP contribution in [0.1, 0.15) is 16.8 Å². The first kappa shape index (κ1) is 30.7. The minimum absolute atomic E-state index is 0.0187. The minimum atomic E-state index is -1.51. The molecule has 0 spiro atoms. The number of amides is 3. The van der Waals surface area contributed by atoms with Crippen LogP contribution < -0.4 is 21.7 Å². The van der Waals surface area contributed by atoms with Crippen LogP contribution in [0.15, 0.2) is 67.3 Å². The van der Waals surface area contributed by atoms with Crippen molar-refractivity contribution in [2.75, 3.05) is 6.61 Å². The van der Waals surface area contributed by atoms with E-state index in [4.69, 9.17) is 5.73 Å². The number of aliphatic hydroxyl groups is 1. The zero-order valence-corrected chi connectivity index (χ0v) is 23.0. The van der Waals surface area contributed by atoms with E-state index in [-0.39, 0.29) is 25.0 Å². The molecule has 226 valence electrons. The van der Waals surface area contributed by atoms with E-state index in [1.165, 1.54) is 24.7 Å². The van der Waals surface area contributed by atoms with Gasteiger partial charge in [-0.05, 0) is 35.7 Å². The summed E-state index contributed by atoms with van der Waals surface area (Å²) >= 11 is 0. The number of aromatic hydroxyl groups is 1. The summed E-state index contributed by atoms with van der Waals surface area (Å²) in [5, 5.41) is 37.2. The molecule has 2 aromatic heterocycles. The van der Waals surface area contributed by atoms with Crippen LogP contribution in [0.3, 0.4) is 0 Å². The highest BCUT2D eigenvalue weighted by Gasteiger charge is 2.31. The Labute approximate surface area is 245 Å². The van der Waals surface area contributed by atoms with Crippen LogP contribution in [-0.4, -0.2) is 84.7 Å². The number of aromatic amines is 2. The number of carbonyl (C=O) groups is 4.